The highest BCUT2D eigenvalue weighted by Crippen LogP contribution is 2.34. The molecule has 0 unspecified atom stereocenters. The molecular formula is C13H15F3N4OS. The molecule has 0 aliphatic heterocycles. The highest BCUT2D eigenvalue weighted by atomic mass is 32.1. The average molecular weight is 332 g/mol. The van der Waals surface area contributed by atoms with Gasteiger partial charge in [0.2, 0.25) is 0 Å². The highest BCUT2D eigenvalue weighted by Gasteiger charge is 2.40. The molecule has 0 aliphatic rings. The number of rotatable bonds is 3. The van der Waals surface area contributed by atoms with Crippen LogP contribution in [0.4, 0.5) is 18.3 Å². The van der Waals surface area contributed by atoms with E-state index >= 15 is 0 Å². The fourth-order valence-corrected chi connectivity index (χ4v) is 2.70. The van der Waals surface area contributed by atoms with Gasteiger partial charge in [-0.25, -0.2) is 4.98 Å². The van der Waals surface area contributed by atoms with Crippen LogP contribution in [0.5, 0.6) is 0 Å². The van der Waals surface area contributed by atoms with Gasteiger partial charge in [0.25, 0.3) is 5.91 Å². The number of alkyl halides is 3. The Hall–Kier alpha value is -1.90. The van der Waals surface area contributed by atoms with E-state index in [0.717, 1.165) is 21.4 Å². The zero-order valence-electron chi connectivity index (χ0n) is 12.4. The van der Waals surface area contributed by atoms with Crippen LogP contribution in [0.25, 0.3) is 0 Å². The lowest BCUT2D eigenvalue weighted by Gasteiger charge is -2.14. The van der Waals surface area contributed by atoms with Crippen LogP contribution in [-0.2, 0) is 6.18 Å². The molecule has 0 bridgehead atoms. The normalized spacial score (nSPS) is 12.0. The Kier molecular flexibility index (Phi) is 4.28. The molecule has 1 N–H and O–H groups in total. The summed E-state index contributed by atoms with van der Waals surface area (Å²) in [5.41, 5.74) is -0.828. The van der Waals surface area contributed by atoms with Crippen molar-refractivity contribution in [2.24, 2.45) is 0 Å². The molecule has 2 aromatic heterocycles. The Labute approximate surface area is 129 Å². The standard InChI is InChI=1S/C13H15F3N4OS/c1-6(2)20-10(13(14,15)16)9(5-17-20)11(21)19-12-18-7(3)8(4)22-12/h5-6H,1-4H3,(H,18,19,21). The molecule has 2 aromatic rings. The lowest BCUT2D eigenvalue weighted by Crippen LogP contribution is -2.22. The van der Waals surface area contributed by atoms with Gasteiger partial charge in [0.05, 0.1) is 17.5 Å². The Bertz CT molecular complexity index is 683. The fourth-order valence-electron chi connectivity index (χ4n) is 1.89. The third-order valence-electron chi connectivity index (χ3n) is 3.05. The van der Waals surface area contributed by atoms with Crippen molar-refractivity contribution in [1.29, 1.82) is 0 Å². The van der Waals surface area contributed by atoms with Crippen molar-refractivity contribution in [2.75, 3.05) is 5.32 Å². The number of carbonyl (C=O) groups is 1. The van der Waals surface area contributed by atoms with E-state index in [2.05, 4.69) is 15.4 Å². The maximum atomic E-state index is 13.2. The van der Waals surface area contributed by atoms with Crippen molar-refractivity contribution in [3.63, 3.8) is 0 Å². The molecular weight excluding hydrogens is 317 g/mol. The second-order valence-electron chi connectivity index (χ2n) is 5.06. The first kappa shape index (κ1) is 16.5. The van der Waals surface area contributed by atoms with E-state index in [1.807, 2.05) is 6.92 Å². The number of carbonyl (C=O) groups excluding carboxylic acids is 1. The first-order valence-electron chi connectivity index (χ1n) is 6.51. The summed E-state index contributed by atoms with van der Waals surface area (Å²) in [5.74, 6) is -0.868. The van der Waals surface area contributed by atoms with Crippen LogP contribution < -0.4 is 5.32 Å². The van der Waals surface area contributed by atoms with Gasteiger partial charge < -0.3 is 0 Å². The molecule has 0 aromatic carbocycles. The van der Waals surface area contributed by atoms with Gasteiger partial charge in [-0.2, -0.15) is 18.3 Å². The van der Waals surface area contributed by atoms with Gasteiger partial charge in [-0.15, -0.1) is 11.3 Å². The molecule has 0 radical (unpaired) electrons. The Morgan fingerprint density at radius 3 is 2.45 bits per heavy atom. The minimum Gasteiger partial charge on any atom is -0.298 e. The lowest BCUT2D eigenvalue weighted by molar-refractivity contribution is -0.145. The first-order chi connectivity index (χ1) is 10.1. The zero-order valence-corrected chi connectivity index (χ0v) is 13.3. The summed E-state index contributed by atoms with van der Waals surface area (Å²) >= 11 is 1.21. The second kappa shape index (κ2) is 5.71. The number of aromatic nitrogens is 3. The molecule has 0 saturated heterocycles. The van der Waals surface area contributed by atoms with E-state index in [-0.39, 0.29) is 5.13 Å². The van der Waals surface area contributed by atoms with Crippen molar-refractivity contribution in [3.05, 3.63) is 28.0 Å². The number of halogens is 3. The molecule has 120 valence electrons. The number of nitrogens with one attached hydrogen (secondary N) is 1. The van der Waals surface area contributed by atoms with Crippen LogP contribution in [0.3, 0.4) is 0 Å². The number of aryl methyl sites for hydroxylation is 2. The van der Waals surface area contributed by atoms with Crippen molar-refractivity contribution in [2.45, 2.75) is 39.9 Å². The van der Waals surface area contributed by atoms with Gasteiger partial charge in [0.15, 0.2) is 10.8 Å². The predicted octanol–water partition coefficient (Wildman–Crippen LogP) is 3.81. The van der Waals surface area contributed by atoms with Gasteiger partial charge in [-0.05, 0) is 27.7 Å². The van der Waals surface area contributed by atoms with Crippen molar-refractivity contribution < 1.29 is 18.0 Å². The second-order valence-corrected chi connectivity index (χ2v) is 6.26. The van der Waals surface area contributed by atoms with Crippen molar-refractivity contribution >= 4 is 22.4 Å². The molecule has 0 atom stereocenters. The van der Waals surface area contributed by atoms with Gasteiger partial charge in [0.1, 0.15) is 0 Å². The summed E-state index contributed by atoms with van der Waals surface area (Å²) in [6.45, 7) is 6.72. The highest BCUT2D eigenvalue weighted by molar-refractivity contribution is 7.15. The van der Waals surface area contributed by atoms with Gasteiger partial charge >= 0.3 is 6.18 Å². The molecule has 0 aliphatic carbocycles. The molecule has 9 heteroatoms. The molecule has 1 amide bonds. The van der Waals surface area contributed by atoms with E-state index in [0.29, 0.717) is 0 Å². The molecule has 0 spiro atoms. The van der Waals surface area contributed by atoms with E-state index in [1.54, 1.807) is 20.8 Å². The maximum absolute atomic E-state index is 13.2. The minimum atomic E-state index is -4.66. The monoisotopic (exact) mass is 332 g/mol. The zero-order chi connectivity index (χ0) is 16.7. The van der Waals surface area contributed by atoms with E-state index < -0.39 is 29.4 Å². The quantitative estimate of drug-likeness (QED) is 0.930. The van der Waals surface area contributed by atoms with Crippen molar-refractivity contribution in [3.8, 4) is 0 Å². The SMILES string of the molecule is Cc1nc(NC(=O)c2cnn(C(C)C)c2C(F)(F)F)sc1C. The van der Waals surface area contributed by atoms with Crippen LogP contribution in [-0.4, -0.2) is 20.7 Å². The number of thiazole rings is 1. The summed E-state index contributed by atoms with van der Waals surface area (Å²) in [5, 5.41) is 6.36. The van der Waals surface area contributed by atoms with Gasteiger partial charge in [0, 0.05) is 10.9 Å². The van der Waals surface area contributed by atoms with Gasteiger partial charge in [-0.3, -0.25) is 14.8 Å². The Balaban J connectivity index is 2.37. The number of hydrogen-bond donors (Lipinski definition) is 1. The minimum absolute atomic E-state index is 0.269. The van der Waals surface area contributed by atoms with Crippen molar-refractivity contribution in [1.82, 2.24) is 14.8 Å². The number of hydrogen-bond acceptors (Lipinski definition) is 4. The molecule has 5 nitrogen and oxygen atoms in total. The maximum Gasteiger partial charge on any atom is 0.433 e. The number of amides is 1. The van der Waals surface area contributed by atoms with Crippen LogP contribution in [0, 0.1) is 13.8 Å². The van der Waals surface area contributed by atoms with E-state index in [1.165, 1.54) is 11.3 Å². The Morgan fingerprint density at radius 2 is 2.00 bits per heavy atom. The van der Waals surface area contributed by atoms with Gasteiger partial charge in [-0.1, -0.05) is 0 Å². The molecule has 0 fully saturated rings. The summed E-state index contributed by atoms with van der Waals surface area (Å²) in [7, 11) is 0. The number of nitrogens with zero attached hydrogens (tertiary/aromatic N) is 3. The summed E-state index contributed by atoms with van der Waals surface area (Å²) < 4.78 is 40.4. The van der Waals surface area contributed by atoms with E-state index in [4.69, 9.17) is 0 Å². The van der Waals surface area contributed by atoms with E-state index in [9.17, 15) is 18.0 Å². The molecule has 2 rings (SSSR count). The average Bonchev–Trinajstić information content (AvgIpc) is 2.93. The third kappa shape index (κ3) is 3.13. The summed E-state index contributed by atoms with van der Waals surface area (Å²) in [6, 6.07) is -0.512. The van der Waals surface area contributed by atoms with Crippen LogP contribution >= 0.6 is 11.3 Å². The topological polar surface area (TPSA) is 59.8 Å². The molecule has 0 saturated carbocycles. The third-order valence-corrected chi connectivity index (χ3v) is 4.04. The van der Waals surface area contributed by atoms with Crippen LogP contribution in [0.15, 0.2) is 6.20 Å². The Morgan fingerprint density at radius 1 is 1.36 bits per heavy atom. The number of anilines is 1. The first-order valence-corrected chi connectivity index (χ1v) is 7.33. The van der Waals surface area contributed by atoms with Crippen LogP contribution in [0.2, 0.25) is 0 Å². The summed E-state index contributed by atoms with van der Waals surface area (Å²) in [6.07, 6.45) is -3.73. The molecule has 2 heterocycles. The lowest BCUT2D eigenvalue weighted by atomic mass is 10.2. The smallest absolute Gasteiger partial charge is 0.298 e. The largest absolute Gasteiger partial charge is 0.433 e. The summed E-state index contributed by atoms with van der Waals surface area (Å²) in [4.78, 5) is 17.1. The fraction of sp³-hybridized carbons (Fsp3) is 0.462. The predicted molar refractivity (Wildman–Crippen MR) is 77.2 cm³/mol. The van der Waals surface area contributed by atoms with Crippen LogP contribution in [0.1, 0.15) is 46.5 Å². The molecule has 22 heavy (non-hydrogen) atoms.